The highest BCUT2D eigenvalue weighted by atomic mass is 16.2. The summed E-state index contributed by atoms with van der Waals surface area (Å²) in [4.78, 5) is 22.5. The number of nitrogens with one attached hydrogen (secondary N) is 2. The molecule has 3 atom stereocenters. The van der Waals surface area contributed by atoms with Crippen LogP contribution in [0.15, 0.2) is 0 Å². The monoisotopic (exact) mass is 227 g/mol. The Morgan fingerprint density at radius 2 is 2.25 bits per heavy atom. The summed E-state index contributed by atoms with van der Waals surface area (Å²) in [5.74, 6) is -0.278. The van der Waals surface area contributed by atoms with E-state index in [1.807, 2.05) is 0 Å². The summed E-state index contributed by atoms with van der Waals surface area (Å²) in [6.45, 7) is 4.75. The third-order valence-electron chi connectivity index (χ3n) is 2.89. The predicted octanol–water partition coefficient (Wildman–Crippen LogP) is -0.245. The SMILES string of the molecule is CC1CC(C(=O)NC(C)CC(N)=O)CCN1. The number of nitrogens with two attached hydrogens (primary N) is 1. The van der Waals surface area contributed by atoms with E-state index in [1.165, 1.54) is 0 Å². The second kappa shape index (κ2) is 5.84. The van der Waals surface area contributed by atoms with E-state index >= 15 is 0 Å². The van der Waals surface area contributed by atoms with Gasteiger partial charge in [0.2, 0.25) is 11.8 Å². The highest BCUT2D eigenvalue weighted by Gasteiger charge is 2.25. The van der Waals surface area contributed by atoms with E-state index in [0.29, 0.717) is 6.04 Å². The molecule has 3 unspecified atom stereocenters. The van der Waals surface area contributed by atoms with Crippen LogP contribution in [0.3, 0.4) is 0 Å². The van der Waals surface area contributed by atoms with Crippen molar-refractivity contribution in [3.63, 3.8) is 0 Å². The first-order valence-electron chi connectivity index (χ1n) is 5.81. The standard InChI is InChI=1S/C11H21N3O2/c1-7-5-9(3-4-13-7)11(16)14-8(2)6-10(12)15/h7-9,13H,3-6H2,1-2H3,(H2,12,15)(H,14,16). The minimum atomic E-state index is -0.383. The summed E-state index contributed by atoms with van der Waals surface area (Å²) in [7, 11) is 0. The lowest BCUT2D eigenvalue weighted by atomic mass is 9.92. The second-order valence-electron chi connectivity index (χ2n) is 4.66. The minimum Gasteiger partial charge on any atom is -0.370 e. The Morgan fingerprint density at radius 1 is 1.56 bits per heavy atom. The van der Waals surface area contributed by atoms with E-state index in [-0.39, 0.29) is 30.2 Å². The lowest BCUT2D eigenvalue weighted by Gasteiger charge is -2.28. The third kappa shape index (κ3) is 4.18. The fraction of sp³-hybridized carbons (Fsp3) is 0.818. The Bertz CT molecular complexity index is 268. The van der Waals surface area contributed by atoms with Crippen LogP contribution in [0, 0.1) is 5.92 Å². The van der Waals surface area contributed by atoms with Crippen LogP contribution in [0.2, 0.25) is 0 Å². The van der Waals surface area contributed by atoms with Crippen LogP contribution in [0.5, 0.6) is 0 Å². The van der Waals surface area contributed by atoms with Crippen molar-refractivity contribution >= 4 is 11.8 Å². The normalized spacial score (nSPS) is 27.1. The lowest BCUT2D eigenvalue weighted by Crippen LogP contribution is -2.45. The molecule has 5 nitrogen and oxygen atoms in total. The van der Waals surface area contributed by atoms with Crippen molar-refractivity contribution < 1.29 is 9.59 Å². The smallest absolute Gasteiger partial charge is 0.223 e. The second-order valence-corrected chi connectivity index (χ2v) is 4.66. The molecule has 0 bridgehead atoms. The van der Waals surface area contributed by atoms with Crippen LogP contribution in [0.1, 0.15) is 33.1 Å². The van der Waals surface area contributed by atoms with Gasteiger partial charge < -0.3 is 16.4 Å². The number of hydrogen-bond acceptors (Lipinski definition) is 3. The zero-order chi connectivity index (χ0) is 12.1. The highest BCUT2D eigenvalue weighted by Crippen LogP contribution is 2.16. The van der Waals surface area contributed by atoms with Gasteiger partial charge >= 0.3 is 0 Å². The van der Waals surface area contributed by atoms with Crippen LogP contribution < -0.4 is 16.4 Å². The first-order chi connectivity index (χ1) is 7.49. The molecule has 1 aliphatic rings. The molecule has 0 spiro atoms. The van der Waals surface area contributed by atoms with Gasteiger partial charge in [-0.05, 0) is 33.2 Å². The Morgan fingerprint density at radius 3 is 2.81 bits per heavy atom. The van der Waals surface area contributed by atoms with Crippen LogP contribution in [-0.4, -0.2) is 30.4 Å². The number of amides is 2. The maximum Gasteiger partial charge on any atom is 0.223 e. The first kappa shape index (κ1) is 13.0. The molecule has 1 saturated heterocycles. The summed E-state index contributed by atoms with van der Waals surface area (Å²) in [5, 5.41) is 6.13. The van der Waals surface area contributed by atoms with Gasteiger partial charge in [0, 0.05) is 24.4 Å². The number of carbonyl (C=O) groups is 2. The summed E-state index contributed by atoms with van der Waals surface area (Å²) < 4.78 is 0. The number of primary amides is 1. The predicted molar refractivity (Wildman–Crippen MR) is 61.6 cm³/mol. The van der Waals surface area contributed by atoms with Crippen molar-refractivity contribution in [3.8, 4) is 0 Å². The van der Waals surface area contributed by atoms with Crippen LogP contribution in [-0.2, 0) is 9.59 Å². The number of piperidine rings is 1. The highest BCUT2D eigenvalue weighted by molar-refractivity contribution is 5.80. The number of rotatable bonds is 4. The molecular weight excluding hydrogens is 206 g/mol. The molecule has 0 aromatic carbocycles. The van der Waals surface area contributed by atoms with Crippen LogP contribution in [0.4, 0.5) is 0 Å². The molecule has 0 saturated carbocycles. The summed E-state index contributed by atoms with van der Waals surface area (Å²) >= 11 is 0. The van der Waals surface area contributed by atoms with E-state index in [2.05, 4.69) is 17.6 Å². The molecule has 1 heterocycles. The van der Waals surface area contributed by atoms with Gasteiger partial charge in [-0.2, -0.15) is 0 Å². The average Bonchev–Trinajstić information content (AvgIpc) is 2.16. The fourth-order valence-corrected chi connectivity index (χ4v) is 2.08. The maximum atomic E-state index is 11.8. The molecule has 4 N–H and O–H groups in total. The molecule has 5 heteroatoms. The Labute approximate surface area is 96.1 Å². The average molecular weight is 227 g/mol. The molecule has 1 fully saturated rings. The zero-order valence-corrected chi connectivity index (χ0v) is 9.95. The molecule has 0 radical (unpaired) electrons. The van der Waals surface area contributed by atoms with Crippen molar-refractivity contribution in [3.05, 3.63) is 0 Å². The van der Waals surface area contributed by atoms with Gasteiger partial charge in [-0.15, -0.1) is 0 Å². The van der Waals surface area contributed by atoms with E-state index in [9.17, 15) is 9.59 Å². The van der Waals surface area contributed by atoms with Crippen LogP contribution in [0.25, 0.3) is 0 Å². The van der Waals surface area contributed by atoms with Gasteiger partial charge in [-0.3, -0.25) is 9.59 Å². The van der Waals surface area contributed by atoms with E-state index in [4.69, 9.17) is 5.73 Å². The number of hydrogen-bond donors (Lipinski definition) is 3. The van der Waals surface area contributed by atoms with Crippen molar-refractivity contribution in [2.45, 2.75) is 45.2 Å². The maximum absolute atomic E-state index is 11.8. The van der Waals surface area contributed by atoms with Gasteiger partial charge in [0.15, 0.2) is 0 Å². The van der Waals surface area contributed by atoms with Crippen molar-refractivity contribution in [2.75, 3.05) is 6.54 Å². The van der Waals surface area contributed by atoms with Crippen molar-refractivity contribution in [1.82, 2.24) is 10.6 Å². The van der Waals surface area contributed by atoms with Gasteiger partial charge in [-0.1, -0.05) is 0 Å². The molecule has 0 aromatic rings. The molecule has 2 amide bonds. The zero-order valence-electron chi connectivity index (χ0n) is 9.95. The first-order valence-corrected chi connectivity index (χ1v) is 5.81. The van der Waals surface area contributed by atoms with E-state index in [0.717, 1.165) is 19.4 Å². The van der Waals surface area contributed by atoms with Gasteiger partial charge in [0.25, 0.3) is 0 Å². The summed E-state index contributed by atoms with van der Waals surface area (Å²) in [6, 6.07) is 0.214. The van der Waals surface area contributed by atoms with Gasteiger partial charge in [0.1, 0.15) is 0 Å². The largest absolute Gasteiger partial charge is 0.370 e. The summed E-state index contributed by atoms with van der Waals surface area (Å²) in [5.41, 5.74) is 5.07. The van der Waals surface area contributed by atoms with Gasteiger partial charge in [-0.25, -0.2) is 0 Å². The molecule has 16 heavy (non-hydrogen) atoms. The Kier molecular flexibility index (Phi) is 4.73. The van der Waals surface area contributed by atoms with Crippen LogP contribution >= 0.6 is 0 Å². The third-order valence-corrected chi connectivity index (χ3v) is 2.89. The quantitative estimate of drug-likeness (QED) is 0.619. The molecule has 92 valence electrons. The van der Waals surface area contributed by atoms with E-state index in [1.54, 1.807) is 6.92 Å². The topological polar surface area (TPSA) is 84.2 Å². The van der Waals surface area contributed by atoms with Crippen molar-refractivity contribution in [2.24, 2.45) is 11.7 Å². The van der Waals surface area contributed by atoms with Gasteiger partial charge in [0.05, 0.1) is 0 Å². The minimum absolute atomic E-state index is 0.0436. The molecule has 0 aromatic heterocycles. The molecule has 1 rings (SSSR count). The fourth-order valence-electron chi connectivity index (χ4n) is 2.08. The molecule has 0 aliphatic carbocycles. The lowest BCUT2D eigenvalue weighted by molar-refractivity contribution is -0.127. The Balaban J connectivity index is 2.36. The number of carbonyl (C=O) groups excluding carboxylic acids is 2. The molecule has 1 aliphatic heterocycles. The summed E-state index contributed by atoms with van der Waals surface area (Å²) in [6.07, 6.45) is 1.92. The van der Waals surface area contributed by atoms with Crippen molar-refractivity contribution in [1.29, 1.82) is 0 Å². The molecular formula is C11H21N3O2. The Hall–Kier alpha value is -1.10. The van der Waals surface area contributed by atoms with E-state index < -0.39 is 0 Å².